The van der Waals surface area contributed by atoms with Crippen LogP contribution in [-0.4, -0.2) is 43.1 Å². The van der Waals surface area contributed by atoms with E-state index < -0.39 is 0 Å². The number of nitrogens with zero attached hydrogens (tertiary/aromatic N) is 2. The summed E-state index contributed by atoms with van der Waals surface area (Å²) in [6.45, 7) is 8.94. The molecular weight excluding hydrogens is 354 g/mol. The molecule has 0 radical (unpaired) electrons. The molecule has 0 aliphatic heterocycles. The fourth-order valence-electron chi connectivity index (χ4n) is 2.54. The fraction of sp³-hybridized carbons (Fsp3) is 0.381. The first-order valence-electron chi connectivity index (χ1n) is 9.56. The molecule has 1 amide bonds. The Morgan fingerprint density at radius 3 is 2.68 bits per heavy atom. The third kappa shape index (κ3) is 6.90. The van der Waals surface area contributed by atoms with Gasteiger partial charge in [-0.05, 0) is 44.5 Å². The number of benzene rings is 1. The minimum Gasteiger partial charge on any atom is -0.494 e. The first-order valence-corrected chi connectivity index (χ1v) is 9.56. The van der Waals surface area contributed by atoms with Gasteiger partial charge in [0.1, 0.15) is 5.75 Å². The number of ether oxygens (including phenoxy) is 1. The molecule has 7 heteroatoms. The SMILES string of the molecule is CCNC(=NCc1ccc(C)cc1OCC)NCCNC(=O)c1cccnc1. The Labute approximate surface area is 166 Å². The second kappa shape index (κ2) is 11.6. The van der Waals surface area contributed by atoms with E-state index in [4.69, 9.17) is 4.74 Å². The van der Waals surface area contributed by atoms with Crippen molar-refractivity contribution >= 4 is 11.9 Å². The lowest BCUT2D eigenvalue weighted by Crippen LogP contribution is -2.41. The van der Waals surface area contributed by atoms with Crippen LogP contribution in [0, 0.1) is 6.92 Å². The van der Waals surface area contributed by atoms with Gasteiger partial charge in [-0.1, -0.05) is 12.1 Å². The van der Waals surface area contributed by atoms with Crippen molar-refractivity contribution in [3.63, 3.8) is 0 Å². The summed E-state index contributed by atoms with van der Waals surface area (Å²) in [5, 5.41) is 9.30. The second-order valence-electron chi connectivity index (χ2n) is 6.16. The number of aliphatic imine (C=N–C) groups is 1. The smallest absolute Gasteiger partial charge is 0.252 e. The molecule has 0 saturated carbocycles. The van der Waals surface area contributed by atoms with Crippen LogP contribution in [0.25, 0.3) is 0 Å². The number of guanidine groups is 1. The summed E-state index contributed by atoms with van der Waals surface area (Å²) < 4.78 is 5.71. The van der Waals surface area contributed by atoms with Gasteiger partial charge in [-0.25, -0.2) is 4.99 Å². The minimum absolute atomic E-state index is 0.141. The van der Waals surface area contributed by atoms with E-state index in [0.29, 0.717) is 37.8 Å². The summed E-state index contributed by atoms with van der Waals surface area (Å²) in [5.74, 6) is 1.42. The molecule has 2 rings (SSSR count). The predicted molar refractivity (Wildman–Crippen MR) is 112 cm³/mol. The van der Waals surface area contributed by atoms with Gasteiger partial charge in [0, 0.05) is 37.6 Å². The Morgan fingerprint density at radius 1 is 1.14 bits per heavy atom. The van der Waals surface area contributed by atoms with Crippen molar-refractivity contribution in [2.75, 3.05) is 26.2 Å². The van der Waals surface area contributed by atoms with Gasteiger partial charge in [0.05, 0.1) is 18.7 Å². The zero-order valence-corrected chi connectivity index (χ0v) is 16.8. The number of amides is 1. The zero-order valence-electron chi connectivity index (χ0n) is 16.8. The molecule has 3 N–H and O–H groups in total. The summed E-state index contributed by atoms with van der Waals surface area (Å²) in [6, 6.07) is 9.61. The monoisotopic (exact) mass is 383 g/mol. The number of aryl methyl sites for hydroxylation is 1. The van der Waals surface area contributed by atoms with Gasteiger partial charge in [0.15, 0.2) is 5.96 Å². The number of carbonyl (C=O) groups excluding carboxylic acids is 1. The third-order valence-corrected chi connectivity index (χ3v) is 3.90. The van der Waals surface area contributed by atoms with Crippen LogP contribution in [0.2, 0.25) is 0 Å². The van der Waals surface area contributed by atoms with E-state index in [0.717, 1.165) is 23.4 Å². The predicted octanol–water partition coefficient (Wildman–Crippen LogP) is 2.27. The number of carbonyl (C=O) groups is 1. The number of pyridine rings is 1. The van der Waals surface area contributed by atoms with Crippen molar-refractivity contribution in [2.45, 2.75) is 27.3 Å². The molecule has 1 aromatic carbocycles. The van der Waals surface area contributed by atoms with Crippen molar-refractivity contribution in [1.29, 1.82) is 0 Å². The van der Waals surface area contributed by atoms with E-state index in [1.807, 2.05) is 32.9 Å². The van der Waals surface area contributed by atoms with Crippen LogP contribution in [0.4, 0.5) is 0 Å². The first-order chi connectivity index (χ1) is 13.6. The lowest BCUT2D eigenvalue weighted by Gasteiger charge is -2.13. The molecule has 28 heavy (non-hydrogen) atoms. The lowest BCUT2D eigenvalue weighted by molar-refractivity contribution is 0.0954. The van der Waals surface area contributed by atoms with E-state index in [9.17, 15) is 4.79 Å². The van der Waals surface area contributed by atoms with E-state index in [1.165, 1.54) is 0 Å². The highest BCUT2D eigenvalue weighted by atomic mass is 16.5. The van der Waals surface area contributed by atoms with Crippen molar-refractivity contribution in [1.82, 2.24) is 20.9 Å². The lowest BCUT2D eigenvalue weighted by atomic mass is 10.1. The second-order valence-corrected chi connectivity index (χ2v) is 6.16. The molecular formula is C21H29N5O2. The fourth-order valence-corrected chi connectivity index (χ4v) is 2.54. The van der Waals surface area contributed by atoms with E-state index in [-0.39, 0.29) is 5.91 Å². The summed E-state index contributed by atoms with van der Waals surface area (Å²) in [6.07, 6.45) is 3.19. The summed E-state index contributed by atoms with van der Waals surface area (Å²) in [5.41, 5.74) is 2.74. The topological polar surface area (TPSA) is 87.6 Å². The molecule has 0 aliphatic carbocycles. The molecule has 0 atom stereocenters. The largest absolute Gasteiger partial charge is 0.494 e. The Morgan fingerprint density at radius 2 is 1.96 bits per heavy atom. The maximum atomic E-state index is 12.0. The standard InChI is InChI=1S/C21H29N5O2/c1-4-23-21(25-12-11-24-20(27)18-7-6-10-22-14-18)26-15-17-9-8-16(3)13-19(17)28-5-2/h6-10,13-14H,4-5,11-12,15H2,1-3H3,(H,24,27)(H2,23,25,26). The molecule has 0 unspecified atom stereocenters. The van der Waals surface area contributed by atoms with E-state index in [2.05, 4.69) is 32.0 Å². The Hall–Kier alpha value is -3.09. The molecule has 0 saturated heterocycles. The van der Waals surface area contributed by atoms with E-state index >= 15 is 0 Å². The molecule has 150 valence electrons. The first kappa shape index (κ1) is 21.2. The van der Waals surface area contributed by atoms with Crippen molar-refractivity contribution < 1.29 is 9.53 Å². The van der Waals surface area contributed by atoms with Crippen LogP contribution >= 0.6 is 0 Å². The summed E-state index contributed by atoms with van der Waals surface area (Å²) in [4.78, 5) is 20.6. The van der Waals surface area contributed by atoms with Crippen molar-refractivity contribution in [3.8, 4) is 5.75 Å². The number of hydrogen-bond donors (Lipinski definition) is 3. The average molecular weight is 383 g/mol. The van der Waals surface area contributed by atoms with Gasteiger partial charge in [0.25, 0.3) is 5.91 Å². The number of aromatic nitrogens is 1. The van der Waals surface area contributed by atoms with Gasteiger partial charge in [-0.2, -0.15) is 0 Å². The molecule has 0 aliphatic rings. The number of rotatable bonds is 9. The molecule has 2 aromatic rings. The van der Waals surface area contributed by atoms with Gasteiger partial charge >= 0.3 is 0 Å². The minimum atomic E-state index is -0.141. The van der Waals surface area contributed by atoms with Crippen LogP contribution in [-0.2, 0) is 6.54 Å². The Balaban J connectivity index is 1.88. The quantitative estimate of drug-likeness (QED) is 0.351. The summed E-state index contributed by atoms with van der Waals surface area (Å²) in [7, 11) is 0. The van der Waals surface area contributed by atoms with Crippen molar-refractivity contribution in [2.24, 2.45) is 4.99 Å². The maximum absolute atomic E-state index is 12.0. The van der Waals surface area contributed by atoms with Crippen LogP contribution in [0.1, 0.15) is 35.3 Å². The highest BCUT2D eigenvalue weighted by molar-refractivity contribution is 5.93. The van der Waals surface area contributed by atoms with Crippen LogP contribution in [0.5, 0.6) is 5.75 Å². The van der Waals surface area contributed by atoms with Gasteiger partial charge < -0.3 is 20.7 Å². The Kier molecular flexibility index (Phi) is 8.78. The number of nitrogens with one attached hydrogen (secondary N) is 3. The maximum Gasteiger partial charge on any atom is 0.252 e. The molecule has 0 bridgehead atoms. The molecule has 7 nitrogen and oxygen atoms in total. The van der Waals surface area contributed by atoms with E-state index in [1.54, 1.807) is 24.5 Å². The molecule has 0 fully saturated rings. The highest BCUT2D eigenvalue weighted by Crippen LogP contribution is 2.21. The third-order valence-electron chi connectivity index (χ3n) is 3.90. The van der Waals surface area contributed by atoms with Crippen LogP contribution in [0.3, 0.4) is 0 Å². The van der Waals surface area contributed by atoms with Crippen LogP contribution in [0.15, 0.2) is 47.7 Å². The Bertz CT molecular complexity index is 778. The molecule has 0 spiro atoms. The highest BCUT2D eigenvalue weighted by Gasteiger charge is 2.06. The summed E-state index contributed by atoms with van der Waals surface area (Å²) >= 11 is 0. The average Bonchev–Trinajstić information content (AvgIpc) is 2.71. The van der Waals surface area contributed by atoms with Crippen LogP contribution < -0.4 is 20.7 Å². The molecule has 1 heterocycles. The number of hydrogen-bond acceptors (Lipinski definition) is 4. The van der Waals surface area contributed by atoms with Gasteiger partial charge in [-0.3, -0.25) is 9.78 Å². The van der Waals surface area contributed by atoms with Gasteiger partial charge in [-0.15, -0.1) is 0 Å². The van der Waals surface area contributed by atoms with Gasteiger partial charge in [0.2, 0.25) is 0 Å². The molecule has 1 aromatic heterocycles. The normalized spacial score (nSPS) is 11.0. The van der Waals surface area contributed by atoms with Crippen molar-refractivity contribution in [3.05, 3.63) is 59.4 Å². The zero-order chi connectivity index (χ0) is 20.2.